The Morgan fingerprint density at radius 1 is 1.00 bits per heavy atom. The number of ether oxygens (including phenoxy) is 2. The first-order valence-corrected chi connectivity index (χ1v) is 7.75. The minimum absolute atomic E-state index is 0.127. The zero-order valence-corrected chi connectivity index (χ0v) is 13.4. The van der Waals surface area contributed by atoms with Gasteiger partial charge < -0.3 is 9.47 Å². The molecular weight excluding hydrogens is 238 g/mol. The molecule has 0 N–H and O–H groups in total. The predicted molar refractivity (Wildman–Crippen MR) is 78.2 cm³/mol. The fraction of sp³-hybridized carbons (Fsp3) is 1.00. The van der Waals surface area contributed by atoms with Crippen LogP contribution in [0.1, 0.15) is 59.3 Å². The van der Waals surface area contributed by atoms with Gasteiger partial charge in [-0.25, -0.2) is 0 Å². The molecule has 112 valence electrons. The minimum Gasteiger partial charge on any atom is -0.380 e. The summed E-state index contributed by atoms with van der Waals surface area (Å²) in [7, 11) is 3.74. The molecule has 2 rings (SSSR count). The van der Waals surface area contributed by atoms with E-state index in [1.807, 2.05) is 14.2 Å². The molecule has 1 spiro atoms. The van der Waals surface area contributed by atoms with Crippen LogP contribution in [0.2, 0.25) is 0 Å². The molecule has 0 amide bonds. The maximum absolute atomic E-state index is 5.99. The maximum atomic E-state index is 5.99. The smallest absolute Gasteiger partial charge is 0.116 e. The Hall–Kier alpha value is -0.120. The molecule has 1 saturated carbocycles. The van der Waals surface area contributed by atoms with E-state index < -0.39 is 0 Å². The molecule has 0 aromatic carbocycles. The third kappa shape index (κ3) is 2.98. The second kappa shape index (κ2) is 5.71. The average Bonchev–Trinajstić information content (AvgIpc) is 2.37. The van der Waals surface area contributed by atoms with E-state index >= 15 is 0 Å². The van der Waals surface area contributed by atoms with Gasteiger partial charge in [-0.05, 0) is 40.0 Å². The molecule has 2 aliphatic rings. The lowest BCUT2D eigenvalue weighted by Gasteiger charge is -2.56. The van der Waals surface area contributed by atoms with Crippen molar-refractivity contribution < 1.29 is 9.47 Å². The van der Waals surface area contributed by atoms with Crippen molar-refractivity contribution in [3.63, 3.8) is 0 Å². The van der Waals surface area contributed by atoms with E-state index in [4.69, 9.17) is 9.47 Å². The molecule has 0 aromatic heterocycles. The van der Waals surface area contributed by atoms with Crippen LogP contribution < -0.4 is 0 Å². The standard InChI is InChI=1S/C16H31NO2/c1-15(2,3)17-12-13(18-4)11-16(14(17)19-5)9-7-6-8-10-16/h13-14H,6-12H2,1-5H3/t13-,14-/m1/s1. The number of methoxy groups -OCH3 is 2. The van der Waals surface area contributed by atoms with Gasteiger partial charge in [-0.3, -0.25) is 4.90 Å². The van der Waals surface area contributed by atoms with Crippen molar-refractivity contribution in [2.75, 3.05) is 20.8 Å². The summed E-state index contributed by atoms with van der Waals surface area (Å²) < 4.78 is 11.7. The van der Waals surface area contributed by atoms with Gasteiger partial charge in [0, 0.05) is 31.7 Å². The van der Waals surface area contributed by atoms with Gasteiger partial charge in [0.1, 0.15) is 6.23 Å². The lowest BCUT2D eigenvalue weighted by molar-refractivity contribution is -0.210. The summed E-state index contributed by atoms with van der Waals surface area (Å²) in [6.07, 6.45) is 8.40. The molecule has 1 heterocycles. The second-order valence-electron chi connectivity index (χ2n) is 7.40. The lowest BCUT2D eigenvalue weighted by Crippen LogP contribution is -2.63. The first-order valence-electron chi connectivity index (χ1n) is 7.75. The number of hydrogen-bond acceptors (Lipinski definition) is 3. The molecule has 2 fully saturated rings. The molecule has 19 heavy (non-hydrogen) atoms. The van der Waals surface area contributed by atoms with Crippen molar-refractivity contribution in [3.05, 3.63) is 0 Å². The van der Waals surface area contributed by atoms with Crippen molar-refractivity contribution in [3.8, 4) is 0 Å². The third-order valence-corrected chi connectivity index (χ3v) is 5.11. The van der Waals surface area contributed by atoms with Gasteiger partial charge in [-0.1, -0.05) is 19.3 Å². The summed E-state index contributed by atoms with van der Waals surface area (Å²) in [5.74, 6) is 0. The Morgan fingerprint density at radius 3 is 2.11 bits per heavy atom. The Balaban J connectivity index is 2.29. The highest BCUT2D eigenvalue weighted by Gasteiger charge is 2.51. The summed E-state index contributed by atoms with van der Waals surface area (Å²) >= 11 is 0. The molecule has 0 unspecified atom stereocenters. The monoisotopic (exact) mass is 269 g/mol. The van der Waals surface area contributed by atoms with Crippen LogP contribution in [-0.2, 0) is 9.47 Å². The highest BCUT2D eigenvalue weighted by Crippen LogP contribution is 2.49. The molecular formula is C16H31NO2. The molecule has 0 radical (unpaired) electrons. The molecule has 0 bridgehead atoms. The Labute approximate surface area is 118 Å². The van der Waals surface area contributed by atoms with Crippen LogP contribution in [0.25, 0.3) is 0 Å². The molecule has 3 heteroatoms. The highest BCUT2D eigenvalue weighted by molar-refractivity contribution is 4.99. The van der Waals surface area contributed by atoms with Crippen LogP contribution >= 0.6 is 0 Å². The van der Waals surface area contributed by atoms with Crippen LogP contribution in [0.5, 0.6) is 0 Å². The quantitative estimate of drug-likeness (QED) is 0.766. The summed E-state index contributed by atoms with van der Waals surface area (Å²) in [5.41, 5.74) is 0.432. The number of hydrogen-bond donors (Lipinski definition) is 0. The summed E-state index contributed by atoms with van der Waals surface area (Å²) in [5, 5.41) is 0. The molecule has 1 aliphatic heterocycles. The summed E-state index contributed by atoms with van der Waals surface area (Å²) in [6, 6.07) is 0. The van der Waals surface area contributed by atoms with Gasteiger partial charge in [-0.2, -0.15) is 0 Å². The van der Waals surface area contributed by atoms with E-state index in [2.05, 4.69) is 25.7 Å². The molecule has 1 aliphatic carbocycles. The van der Waals surface area contributed by atoms with Crippen molar-refractivity contribution in [1.82, 2.24) is 4.90 Å². The highest BCUT2D eigenvalue weighted by atomic mass is 16.5. The van der Waals surface area contributed by atoms with E-state index in [0.29, 0.717) is 11.5 Å². The van der Waals surface area contributed by atoms with Gasteiger partial charge in [0.05, 0.1) is 6.10 Å². The summed E-state index contributed by atoms with van der Waals surface area (Å²) in [4.78, 5) is 2.52. The van der Waals surface area contributed by atoms with Gasteiger partial charge in [0.2, 0.25) is 0 Å². The number of likely N-dealkylation sites (tertiary alicyclic amines) is 1. The van der Waals surface area contributed by atoms with Gasteiger partial charge in [0.15, 0.2) is 0 Å². The van der Waals surface area contributed by atoms with Crippen molar-refractivity contribution in [2.24, 2.45) is 5.41 Å². The fourth-order valence-corrected chi connectivity index (χ4v) is 4.13. The molecule has 3 nitrogen and oxygen atoms in total. The number of nitrogens with zero attached hydrogens (tertiary/aromatic N) is 1. The molecule has 1 saturated heterocycles. The minimum atomic E-state index is 0.127. The predicted octanol–water partition coefficient (Wildman–Crippen LogP) is 3.43. The summed E-state index contributed by atoms with van der Waals surface area (Å²) in [6.45, 7) is 7.84. The van der Waals surface area contributed by atoms with E-state index in [9.17, 15) is 0 Å². The van der Waals surface area contributed by atoms with Crippen molar-refractivity contribution in [2.45, 2.75) is 77.2 Å². The molecule has 2 atom stereocenters. The van der Waals surface area contributed by atoms with Crippen molar-refractivity contribution >= 4 is 0 Å². The van der Waals surface area contributed by atoms with E-state index in [-0.39, 0.29) is 11.8 Å². The van der Waals surface area contributed by atoms with Crippen LogP contribution in [0.3, 0.4) is 0 Å². The van der Waals surface area contributed by atoms with Crippen LogP contribution in [0.4, 0.5) is 0 Å². The van der Waals surface area contributed by atoms with Crippen LogP contribution in [-0.4, -0.2) is 43.5 Å². The van der Waals surface area contributed by atoms with Crippen LogP contribution in [0.15, 0.2) is 0 Å². The van der Waals surface area contributed by atoms with E-state index in [1.165, 1.54) is 32.1 Å². The third-order valence-electron chi connectivity index (χ3n) is 5.11. The zero-order chi connectivity index (χ0) is 14.1. The van der Waals surface area contributed by atoms with Gasteiger partial charge in [0.25, 0.3) is 0 Å². The lowest BCUT2D eigenvalue weighted by atomic mass is 9.66. The van der Waals surface area contributed by atoms with Crippen molar-refractivity contribution in [1.29, 1.82) is 0 Å². The Kier molecular flexibility index (Phi) is 4.59. The maximum Gasteiger partial charge on any atom is 0.116 e. The largest absolute Gasteiger partial charge is 0.380 e. The Morgan fingerprint density at radius 2 is 1.63 bits per heavy atom. The first-order chi connectivity index (χ1) is 8.93. The zero-order valence-electron chi connectivity index (χ0n) is 13.4. The second-order valence-corrected chi connectivity index (χ2v) is 7.40. The van der Waals surface area contributed by atoms with E-state index in [1.54, 1.807) is 0 Å². The van der Waals surface area contributed by atoms with Gasteiger partial charge in [-0.15, -0.1) is 0 Å². The normalized spacial score (nSPS) is 32.7. The van der Waals surface area contributed by atoms with Gasteiger partial charge >= 0.3 is 0 Å². The first kappa shape index (κ1) is 15.3. The topological polar surface area (TPSA) is 21.7 Å². The van der Waals surface area contributed by atoms with Crippen LogP contribution in [0, 0.1) is 5.41 Å². The van der Waals surface area contributed by atoms with E-state index in [0.717, 1.165) is 13.0 Å². The number of piperidine rings is 1. The fourth-order valence-electron chi connectivity index (χ4n) is 4.13. The average molecular weight is 269 g/mol. The SMILES string of the molecule is CO[C@H]1CN(C(C)(C)C)[C@H](OC)C2(CCCCC2)C1. The number of rotatable bonds is 2. The molecule has 0 aromatic rings. The Bertz CT molecular complexity index is 292.